The van der Waals surface area contributed by atoms with Crippen LogP contribution in [-0.4, -0.2) is 41.1 Å². The Hall–Kier alpha value is -2.94. The molecule has 0 bridgehead atoms. The van der Waals surface area contributed by atoms with Gasteiger partial charge in [0, 0.05) is 24.7 Å². The van der Waals surface area contributed by atoms with E-state index < -0.39 is 41.9 Å². The lowest BCUT2D eigenvalue weighted by atomic mass is 9.79. The Kier molecular flexibility index (Phi) is 16.2. The number of carboxylic acids is 1. The van der Waals surface area contributed by atoms with E-state index in [0.29, 0.717) is 24.8 Å². The fourth-order valence-electron chi connectivity index (χ4n) is 4.52. The first-order chi connectivity index (χ1) is 19.0. The summed E-state index contributed by atoms with van der Waals surface area (Å²) in [5.41, 5.74) is 6.62. The Morgan fingerprint density at radius 1 is 0.825 bits per heavy atom. The summed E-state index contributed by atoms with van der Waals surface area (Å²) in [7, 11) is 0. The quantitative estimate of drug-likeness (QED) is 0.115. The minimum Gasteiger partial charge on any atom is -0.480 e. The van der Waals surface area contributed by atoms with Crippen LogP contribution in [0.3, 0.4) is 0 Å². The third kappa shape index (κ3) is 11.7. The first-order valence-electron chi connectivity index (χ1n) is 14.7. The van der Waals surface area contributed by atoms with Crippen LogP contribution < -0.4 is 15.2 Å². The van der Waals surface area contributed by atoms with Crippen molar-refractivity contribution in [1.29, 1.82) is 0 Å². The van der Waals surface area contributed by atoms with Gasteiger partial charge >= 0.3 is 23.9 Å². The van der Waals surface area contributed by atoms with E-state index in [1.807, 2.05) is 20.8 Å². The molecule has 1 aromatic rings. The number of benzene rings is 1. The van der Waals surface area contributed by atoms with Crippen LogP contribution in [0.5, 0.6) is 11.5 Å². The summed E-state index contributed by atoms with van der Waals surface area (Å²) < 4.78 is 16.9. The van der Waals surface area contributed by atoms with Gasteiger partial charge in [0.15, 0.2) is 11.5 Å². The molecule has 0 amide bonds. The highest BCUT2D eigenvalue weighted by Gasteiger charge is 2.36. The molecule has 0 fully saturated rings. The van der Waals surface area contributed by atoms with E-state index in [1.54, 1.807) is 26.8 Å². The Morgan fingerprint density at radius 2 is 1.38 bits per heavy atom. The molecule has 1 aromatic carbocycles. The molecule has 40 heavy (non-hydrogen) atoms. The number of carboxylic acid groups (broad SMARTS) is 1. The Bertz CT molecular complexity index is 963. The van der Waals surface area contributed by atoms with Crippen molar-refractivity contribution in [1.82, 2.24) is 0 Å². The van der Waals surface area contributed by atoms with Crippen molar-refractivity contribution in [3.05, 3.63) is 23.8 Å². The lowest BCUT2D eigenvalue weighted by molar-refractivity contribution is -0.156. The van der Waals surface area contributed by atoms with Crippen LogP contribution in [0.2, 0.25) is 0 Å². The van der Waals surface area contributed by atoms with Crippen LogP contribution in [0, 0.1) is 11.8 Å². The van der Waals surface area contributed by atoms with Crippen molar-refractivity contribution < 1.29 is 38.5 Å². The molecule has 9 heteroatoms. The minimum absolute atomic E-state index is 0.0267. The molecule has 3 N–H and O–H groups in total. The van der Waals surface area contributed by atoms with E-state index in [4.69, 9.17) is 19.9 Å². The SMILES string of the molecule is CCCCCC(=O)Oc1ccc(C(C(C)C(C)OC(=O)C(C)CCC)[C@H](N)C(=O)O)cc1OC(=O)CCCCC. The predicted molar refractivity (Wildman–Crippen MR) is 153 cm³/mol. The molecule has 4 unspecified atom stereocenters. The predicted octanol–water partition coefficient (Wildman–Crippen LogP) is 6.16. The van der Waals surface area contributed by atoms with Gasteiger partial charge in [0.1, 0.15) is 12.1 Å². The monoisotopic (exact) mass is 563 g/mol. The van der Waals surface area contributed by atoms with Crippen LogP contribution in [0.1, 0.15) is 117 Å². The Labute approximate surface area is 239 Å². The molecule has 0 saturated heterocycles. The van der Waals surface area contributed by atoms with E-state index in [-0.39, 0.29) is 36.2 Å². The molecule has 0 aliphatic heterocycles. The zero-order valence-corrected chi connectivity index (χ0v) is 25.1. The van der Waals surface area contributed by atoms with Gasteiger partial charge in [0.05, 0.1) is 5.92 Å². The molecular weight excluding hydrogens is 514 g/mol. The van der Waals surface area contributed by atoms with Gasteiger partial charge in [0.2, 0.25) is 0 Å². The van der Waals surface area contributed by atoms with Gasteiger partial charge in [-0.2, -0.15) is 0 Å². The number of esters is 3. The van der Waals surface area contributed by atoms with Gasteiger partial charge in [-0.25, -0.2) is 0 Å². The zero-order valence-electron chi connectivity index (χ0n) is 25.1. The van der Waals surface area contributed by atoms with Gasteiger partial charge in [-0.3, -0.25) is 19.2 Å². The summed E-state index contributed by atoms with van der Waals surface area (Å²) in [6.45, 7) is 11.3. The van der Waals surface area contributed by atoms with Crippen LogP contribution in [0.15, 0.2) is 18.2 Å². The van der Waals surface area contributed by atoms with Crippen molar-refractivity contribution in [2.75, 3.05) is 0 Å². The first kappa shape index (κ1) is 35.1. The number of unbranched alkanes of at least 4 members (excludes halogenated alkanes) is 4. The summed E-state index contributed by atoms with van der Waals surface area (Å²) >= 11 is 0. The van der Waals surface area contributed by atoms with E-state index in [1.165, 1.54) is 12.1 Å². The molecule has 0 saturated carbocycles. The summed E-state index contributed by atoms with van der Waals surface area (Å²) in [6.07, 6.45) is 6.29. The van der Waals surface area contributed by atoms with Crippen LogP contribution in [0.4, 0.5) is 0 Å². The summed E-state index contributed by atoms with van der Waals surface area (Å²) in [5.74, 6) is -3.97. The second-order valence-electron chi connectivity index (χ2n) is 10.6. The number of carbonyl (C=O) groups is 4. The summed E-state index contributed by atoms with van der Waals surface area (Å²) in [5, 5.41) is 9.81. The van der Waals surface area contributed by atoms with Gasteiger partial charge in [-0.1, -0.05) is 72.8 Å². The number of rotatable bonds is 19. The lowest BCUT2D eigenvalue weighted by Crippen LogP contribution is -2.43. The number of carbonyl (C=O) groups excluding carboxylic acids is 3. The molecule has 5 atom stereocenters. The normalized spacial score (nSPS) is 14.9. The Balaban J connectivity index is 3.37. The number of hydrogen-bond donors (Lipinski definition) is 2. The van der Waals surface area contributed by atoms with E-state index in [0.717, 1.165) is 32.1 Å². The number of aliphatic carboxylic acids is 1. The third-order valence-corrected chi connectivity index (χ3v) is 7.17. The highest BCUT2D eigenvalue weighted by molar-refractivity contribution is 5.77. The molecule has 0 heterocycles. The fourth-order valence-corrected chi connectivity index (χ4v) is 4.52. The molecule has 0 spiro atoms. The summed E-state index contributed by atoms with van der Waals surface area (Å²) in [4.78, 5) is 49.6. The molecule has 0 aromatic heterocycles. The maximum absolute atomic E-state index is 12.6. The average Bonchev–Trinajstić information content (AvgIpc) is 2.90. The smallest absolute Gasteiger partial charge is 0.321 e. The Morgan fingerprint density at radius 3 is 1.88 bits per heavy atom. The highest BCUT2D eigenvalue weighted by atomic mass is 16.6. The third-order valence-electron chi connectivity index (χ3n) is 7.17. The van der Waals surface area contributed by atoms with Gasteiger partial charge in [-0.15, -0.1) is 0 Å². The van der Waals surface area contributed by atoms with Crippen molar-refractivity contribution in [2.45, 2.75) is 124 Å². The van der Waals surface area contributed by atoms with Gasteiger partial charge < -0.3 is 25.1 Å². The number of ether oxygens (including phenoxy) is 3. The highest BCUT2D eigenvalue weighted by Crippen LogP contribution is 2.37. The van der Waals surface area contributed by atoms with E-state index in [2.05, 4.69) is 0 Å². The van der Waals surface area contributed by atoms with Gasteiger partial charge in [-0.05, 0) is 43.9 Å². The largest absolute Gasteiger partial charge is 0.480 e. The molecule has 226 valence electrons. The zero-order chi connectivity index (χ0) is 30.2. The fraction of sp³-hybridized carbons (Fsp3) is 0.677. The van der Waals surface area contributed by atoms with Gasteiger partial charge in [0.25, 0.3) is 0 Å². The molecule has 9 nitrogen and oxygen atoms in total. The lowest BCUT2D eigenvalue weighted by Gasteiger charge is -2.32. The van der Waals surface area contributed by atoms with E-state index >= 15 is 0 Å². The molecule has 1 rings (SSSR count). The van der Waals surface area contributed by atoms with E-state index in [9.17, 15) is 24.3 Å². The second-order valence-corrected chi connectivity index (χ2v) is 10.6. The van der Waals surface area contributed by atoms with Crippen LogP contribution >= 0.6 is 0 Å². The van der Waals surface area contributed by atoms with Crippen molar-refractivity contribution in [3.63, 3.8) is 0 Å². The molecule has 0 aliphatic rings. The van der Waals surface area contributed by atoms with Crippen molar-refractivity contribution >= 4 is 23.9 Å². The topological polar surface area (TPSA) is 142 Å². The standard InChI is InChI=1S/C31H49NO8/c1-7-10-12-15-26(33)39-24-18-17-23(19-25(24)40-27(34)16-13-11-8-2)28(29(32)30(35)36)21(5)22(6)38-31(37)20(4)14-9-3/h17-22,28-29H,7-16,32H2,1-6H3,(H,35,36)/t20?,21?,22?,28?,29-/m0/s1. The van der Waals surface area contributed by atoms with Crippen molar-refractivity contribution in [2.24, 2.45) is 17.6 Å². The average molecular weight is 564 g/mol. The maximum atomic E-state index is 12.6. The van der Waals surface area contributed by atoms with Crippen LogP contribution in [0.25, 0.3) is 0 Å². The molecule has 0 aliphatic carbocycles. The minimum atomic E-state index is -1.33. The second kappa shape index (κ2) is 18.4. The number of nitrogens with two attached hydrogens (primary N) is 1. The molecular formula is C31H49NO8. The summed E-state index contributed by atoms with van der Waals surface area (Å²) in [6, 6.07) is 3.28. The van der Waals surface area contributed by atoms with Crippen LogP contribution in [-0.2, 0) is 23.9 Å². The first-order valence-corrected chi connectivity index (χ1v) is 14.7. The molecule has 0 radical (unpaired) electrons. The number of hydrogen-bond acceptors (Lipinski definition) is 8. The van der Waals surface area contributed by atoms with Crippen molar-refractivity contribution in [3.8, 4) is 11.5 Å². The maximum Gasteiger partial charge on any atom is 0.321 e.